The molecular weight excluding hydrogens is 198 g/mol. The van der Waals surface area contributed by atoms with Gasteiger partial charge in [0.25, 0.3) is 0 Å². The highest BCUT2D eigenvalue weighted by molar-refractivity contribution is 6.01. The van der Waals surface area contributed by atoms with E-state index >= 15 is 0 Å². The molecule has 2 aromatic rings. The number of nitrogens with zero attached hydrogens (tertiary/aromatic N) is 1. The van der Waals surface area contributed by atoms with Gasteiger partial charge in [-0.05, 0) is 25.5 Å². The highest BCUT2D eigenvalue weighted by Gasteiger charge is 2.12. The van der Waals surface area contributed by atoms with Crippen LogP contribution in [0.3, 0.4) is 0 Å². The molecule has 1 aromatic carbocycles. The summed E-state index contributed by atoms with van der Waals surface area (Å²) in [6.45, 7) is 3.52. The fourth-order valence-corrected chi connectivity index (χ4v) is 1.82. The number of rotatable bonds is 2. The van der Waals surface area contributed by atoms with Gasteiger partial charge < -0.3 is 0 Å². The molecule has 0 radical (unpaired) electrons. The van der Waals surface area contributed by atoms with Crippen LogP contribution in [0.25, 0.3) is 11.3 Å². The number of aromatic nitrogens is 1. The Balaban J connectivity index is 2.66. The molecule has 0 amide bonds. The molecule has 0 aliphatic rings. The van der Waals surface area contributed by atoms with Gasteiger partial charge in [0, 0.05) is 17.3 Å². The van der Waals surface area contributed by atoms with Gasteiger partial charge in [-0.1, -0.05) is 30.3 Å². The molecule has 0 fully saturated rings. The third-order valence-electron chi connectivity index (χ3n) is 2.56. The topological polar surface area (TPSA) is 30.0 Å². The molecule has 0 spiro atoms. The first-order chi connectivity index (χ1) is 7.70. The van der Waals surface area contributed by atoms with Gasteiger partial charge in [-0.15, -0.1) is 0 Å². The van der Waals surface area contributed by atoms with Crippen LogP contribution in [-0.4, -0.2) is 10.8 Å². The minimum atomic E-state index is 0.0597. The molecule has 0 atom stereocenters. The second-order valence-electron chi connectivity index (χ2n) is 3.77. The van der Waals surface area contributed by atoms with Crippen LogP contribution in [0.4, 0.5) is 0 Å². The van der Waals surface area contributed by atoms with Crippen molar-refractivity contribution in [1.82, 2.24) is 4.98 Å². The number of ketones is 1. The minimum absolute atomic E-state index is 0.0597. The Bertz CT molecular complexity index is 518. The van der Waals surface area contributed by atoms with E-state index in [4.69, 9.17) is 0 Å². The molecule has 1 aromatic heterocycles. The van der Waals surface area contributed by atoms with Gasteiger partial charge in [-0.3, -0.25) is 9.78 Å². The van der Waals surface area contributed by atoms with Gasteiger partial charge in [0.15, 0.2) is 5.78 Å². The van der Waals surface area contributed by atoms with E-state index in [2.05, 4.69) is 4.98 Å². The molecule has 0 aliphatic carbocycles. The Morgan fingerprint density at radius 1 is 1.12 bits per heavy atom. The van der Waals surface area contributed by atoms with Crippen LogP contribution in [0.5, 0.6) is 0 Å². The van der Waals surface area contributed by atoms with Crippen LogP contribution in [0.15, 0.2) is 42.6 Å². The van der Waals surface area contributed by atoms with Crippen molar-refractivity contribution >= 4 is 5.78 Å². The van der Waals surface area contributed by atoms with Crippen LogP contribution in [0.1, 0.15) is 22.8 Å². The standard InChI is InChI=1S/C14H13NO/c1-10-8-9-15-14(13(10)11(2)16)12-6-4-3-5-7-12/h3-9H,1-2H3. The van der Waals surface area contributed by atoms with Crippen molar-refractivity contribution in [3.8, 4) is 11.3 Å². The predicted octanol–water partition coefficient (Wildman–Crippen LogP) is 3.26. The molecule has 0 aliphatic heterocycles. The number of hydrogen-bond acceptors (Lipinski definition) is 2. The lowest BCUT2D eigenvalue weighted by molar-refractivity contribution is 0.101. The number of Topliss-reactive ketones (excluding diaryl/α,β-unsaturated/α-hetero) is 1. The lowest BCUT2D eigenvalue weighted by atomic mass is 9.99. The van der Waals surface area contributed by atoms with Crippen molar-refractivity contribution in [2.75, 3.05) is 0 Å². The molecule has 80 valence electrons. The maximum atomic E-state index is 11.6. The monoisotopic (exact) mass is 211 g/mol. The number of benzene rings is 1. The Hall–Kier alpha value is -1.96. The first kappa shape index (κ1) is 10.6. The summed E-state index contributed by atoms with van der Waals surface area (Å²) in [6.07, 6.45) is 1.74. The molecule has 2 nitrogen and oxygen atoms in total. The molecule has 2 heteroatoms. The largest absolute Gasteiger partial charge is 0.294 e. The Kier molecular flexibility index (Phi) is 2.82. The van der Waals surface area contributed by atoms with Crippen molar-refractivity contribution in [2.24, 2.45) is 0 Å². The van der Waals surface area contributed by atoms with Crippen molar-refractivity contribution in [3.05, 3.63) is 53.7 Å². The zero-order valence-electron chi connectivity index (χ0n) is 9.40. The maximum Gasteiger partial charge on any atom is 0.162 e. The summed E-state index contributed by atoms with van der Waals surface area (Å²) in [7, 11) is 0. The summed E-state index contributed by atoms with van der Waals surface area (Å²) in [5, 5.41) is 0. The summed E-state index contributed by atoms with van der Waals surface area (Å²) in [4.78, 5) is 15.9. The van der Waals surface area contributed by atoms with E-state index in [1.807, 2.05) is 43.3 Å². The van der Waals surface area contributed by atoms with Crippen LogP contribution in [-0.2, 0) is 0 Å². The number of aryl methyl sites for hydroxylation is 1. The normalized spacial score (nSPS) is 10.1. The molecule has 0 saturated carbocycles. The summed E-state index contributed by atoms with van der Waals surface area (Å²) >= 11 is 0. The summed E-state index contributed by atoms with van der Waals surface area (Å²) < 4.78 is 0. The highest BCUT2D eigenvalue weighted by Crippen LogP contribution is 2.23. The number of carbonyl (C=O) groups is 1. The van der Waals surface area contributed by atoms with Crippen LogP contribution in [0.2, 0.25) is 0 Å². The second-order valence-corrected chi connectivity index (χ2v) is 3.77. The predicted molar refractivity (Wildman–Crippen MR) is 64.4 cm³/mol. The highest BCUT2D eigenvalue weighted by atomic mass is 16.1. The zero-order valence-corrected chi connectivity index (χ0v) is 9.40. The van der Waals surface area contributed by atoms with E-state index in [9.17, 15) is 4.79 Å². The van der Waals surface area contributed by atoms with Crippen molar-refractivity contribution < 1.29 is 4.79 Å². The van der Waals surface area contributed by atoms with Gasteiger partial charge in [0.2, 0.25) is 0 Å². The lowest BCUT2D eigenvalue weighted by Gasteiger charge is -2.08. The van der Waals surface area contributed by atoms with E-state index in [1.54, 1.807) is 13.1 Å². The third kappa shape index (κ3) is 1.87. The van der Waals surface area contributed by atoms with E-state index < -0.39 is 0 Å². The Morgan fingerprint density at radius 3 is 2.44 bits per heavy atom. The van der Waals surface area contributed by atoms with E-state index in [0.717, 1.165) is 16.8 Å². The lowest BCUT2D eigenvalue weighted by Crippen LogP contribution is -2.01. The number of carbonyl (C=O) groups excluding carboxylic acids is 1. The van der Waals surface area contributed by atoms with E-state index in [1.165, 1.54) is 0 Å². The van der Waals surface area contributed by atoms with Gasteiger partial charge in [0.1, 0.15) is 0 Å². The van der Waals surface area contributed by atoms with Gasteiger partial charge in [0.05, 0.1) is 5.69 Å². The zero-order chi connectivity index (χ0) is 11.5. The minimum Gasteiger partial charge on any atom is -0.294 e. The van der Waals surface area contributed by atoms with Gasteiger partial charge >= 0.3 is 0 Å². The molecule has 16 heavy (non-hydrogen) atoms. The molecule has 0 bridgehead atoms. The van der Waals surface area contributed by atoms with E-state index in [-0.39, 0.29) is 5.78 Å². The second kappa shape index (κ2) is 4.27. The fourth-order valence-electron chi connectivity index (χ4n) is 1.82. The molecule has 1 heterocycles. The van der Waals surface area contributed by atoms with Gasteiger partial charge in [-0.25, -0.2) is 0 Å². The third-order valence-corrected chi connectivity index (χ3v) is 2.56. The van der Waals surface area contributed by atoms with Crippen LogP contribution < -0.4 is 0 Å². The molecule has 0 unspecified atom stereocenters. The fraction of sp³-hybridized carbons (Fsp3) is 0.143. The summed E-state index contributed by atoms with van der Waals surface area (Å²) in [6, 6.07) is 11.6. The molecule has 2 rings (SSSR count). The van der Waals surface area contributed by atoms with E-state index in [0.29, 0.717) is 5.56 Å². The van der Waals surface area contributed by atoms with Crippen LogP contribution in [0, 0.1) is 6.92 Å². The SMILES string of the molecule is CC(=O)c1c(C)ccnc1-c1ccccc1. The number of hydrogen-bond donors (Lipinski definition) is 0. The van der Waals surface area contributed by atoms with Crippen LogP contribution >= 0.6 is 0 Å². The Morgan fingerprint density at radius 2 is 1.81 bits per heavy atom. The quantitative estimate of drug-likeness (QED) is 0.714. The number of pyridine rings is 1. The summed E-state index contributed by atoms with van der Waals surface area (Å²) in [5.74, 6) is 0.0597. The van der Waals surface area contributed by atoms with Crippen molar-refractivity contribution in [3.63, 3.8) is 0 Å². The average molecular weight is 211 g/mol. The maximum absolute atomic E-state index is 11.6. The van der Waals surface area contributed by atoms with Gasteiger partial charge in [-0.2, -0.15) is 0 Å². The summed E-state index contributed by atoms with van der Waals surface area (Å²) in [5.41, 5.74) is 3.44. The van der Waals surface area contributed by atoms with Crippen molar-refractivity contribution in [2.45, 2.75) is 13.8 Å². The smallest absolute Gasteiger partial charge is 0.162 e. The first-order valence-corrected chi connectivity index (χ1v) is 5.22. The molecule has 0 N–H and O–H groups in total. The first-order valence-electron chi connectivity index (χ1n) is 5.22. The van der Waals surface area contributed by atoms with Crippen molar-refractivity contribution in [1.29, 1.82) is 0 Å². The Labute approximate surface area is 95.0 Å². The molecular formula is C14H13NO. The average Bonchev–Trinajstić information content (AvgIpc) is 2.29. The molecule has 0 saturated heterocycles.